The summed E-state index contributed by atoms with van der Waals surface area (Å²) in [6, 6.07) is 18.0. The summed E-state index contributed by atoms with van der Waals surface area (Å²) in [6.07, 6.45) is -12.3. The molecule has 0 saturated carbocycles. The predicted molar refractivity (Wildman–Crippen MR) is 176 cm³/mol. The molecule has 15 nitrogen and oxygen atoms in total. The highest BCUT2D eigenvalue weighted by Gasteiger charge is 2.42. The van der Waals surface area contributed by atoms with Gasteiger partial charge in [-0.15, -0.1) is 0 Å². The van der Waals surface area contributed by atoms with Crippen molar-refractivity contribution in [3.05, 3.63) is 71.8 Å². The van der Waals surface area contributed by atoms with Crippen molar-refractivity contribution in [1.29, 1.82) is 0 Å². The van der Waals surface area contributed by atoms with Gasteiger partial charge in [0.25, 0.3) is 6.47 Å². The van der Waals surface area contributed by atoms with Crippen molar-refractivity contribution in [2.45, 2.75) is 101 Å². The van der Waals surface area contributed by atoms with Crippen LogP contribution in [0, 0.1) is 0 Å². The molecule has 7 N–H and O–H groups in total. The maximum Gasteiger partial charge on any atom is 0.306 e. The lowest BCUT2D eigenvalue weighted by Gasteiger charge is -2.40. The average molecular weight is 710 g/mol. The lowest BCUT2D eigenvalue weighted by molar-refractivity contribution is -0.285. The van der Waals surface area contributed by atoms with E-state index in [1.165, 1.54) is 0 Å². The molecule has 2 aliphatic heterocycles. The maximum atomic E-state index is 12.3. The Morgan fingerprint density at radius 2 is 1.22 bits per heavy atom. The van der Waals surface area contributed by atoms with Crippen molar-refractivity contribution in [3.63, 3.8) is 0 Å². The zero-order valence-electron chi connectivity index (χ0n) is 28.5. The molecule has 2 unspecified atom stereocenters. The number of hydrogen-bond donors (Lipinski definition) is 7. The van der Waals surface area contributed by atoms with Crippen molar-refractivity contribution in [3.8, 4) is 0 Å². The zero-order chi connectivity index (χ0) is 36.8. The van der Waals surface area contributed by atoms with Gasteiger partial charge in [-0.1, -0.05) is 60.7 Å². The SMILES string of the molecule is CC(C)(C)OC(=O)CCCN(C[C@H](O)[C@@H](O)[C@@H]1OC(c2ccccc2)OC[C@H]1O)C[C@H](O)[C@@H](O)[C@@H]1OC(c2ccccc2)OC[C@H]1O.O=CO. The molecule has 4 rings (SSSR count). The van der Waals surface area contributed by atoms with Gasteiger partial charge in [-0.25, -0.2) is 0 Å². The molecule has 2 fully saturated rings. The number of esters is 1. The number of carbonyl (C=O) groups excluding carboxylic acids is 1. The standard InChI is InChI=1S/C34H49NO12.CH2O2/c1-34(2,3)47-27(40)15-10-16-35(17-23(36)28(41)30-25(38)19-43-32(45-30)21-11-6-4-7-12-21)18-24(37)29(42)31-26(39)20-44-33(46-31)22-13-8-5-9-14-22;2-1-3/h4-9,11-14,23-26,28-33,36-39,41-42H,10,15-20H2,1-3H3;1H,(H,2,3)/t23-,24-,25+,26+,28+,29+,30+,31+,32?,33?;/m0./s1. The number of ether oxygens (including phenoxy) is 5. The van der Waals surface area contributed by atoms with Gasteiger partial charge in [0.1, 0.15) is 42.2 Å². The van der Waals surface area contributed by atoms with Gasteiger partial charge in [-0.05, 0) is 33.7 Å². The third kappa shape index (κ3) is 12.9. The molecule has 2 aliphatic rings. The minimum Gasteiger partial charge on any atom is -0.483 e. The molecule has 2 aromatic carbocycles. The van der Waals surface area contributed by atoms with Crippen LogP contribution in [0.5, 0.6) is 0 Å². The van der Waals surface area contributed by atoms with Crippen molar-refractivity contribution < 1.29 is 69.0 Å². The molecule has 2 heterocycles. The number of aliphatic hydroxyl groups is 6. The second-order valence-electron chi connectivity index (χ2n) is 13.2. The first-order valence-corrected chi connectivity index (χ1v) is 16.5. The lowest BCUT2D eigenvalue weighted by atomic mass is 9.99. The first kappa shape index (κ1) is 41.4. The Balaban J connectivity index is 0.00000217. The Labute approximate surface area is 291 Å². The summed E-state index contributed by atoms with van der Waals surface area (Å²) in [5, 5.41) is 72.5. The van der Waals surface area contributed by atoms with Gasteiger partial charge in [0.2, 0.25) is 0 Å². The van der Waals surface area contributed by atoms with E-state index in [9.17, 15) is 35.4 Å². The molecule has 2 aromatic rings. The fourth-order valence-electron chi connectivity index (χ4n) is 5.57. The van der Waals surface area contributed by atoms with Gasteiger partial charge >= 0.3 is 5.97 Å². The number of carboxylic acid groups (broad SMARTS) is 1. The summed E-state index contributed by atoms with van der Waals surface area (Å²) in [5.41, 5.74) is 0.694. The molecule has 0 radical (unpaired) electrons. The third-order valence-electron chi connectivity index (χ3n) is 7.93. The van der Waals surface area contributed by atoms with E-state index in [-0.39, 0.29) is 52.2 Å². The van der Waals surface area contributed by atoms with E-state index in [1.807, 2.05) is 12.1 Å². The number of rotatable bonds is 14. The van der Waals surface area contributed by atoms with Crippen molar-refractivity contribution in [2.24, 2.45) is 0 Å². The summed E-state index contributed by atoms with van der Waals surface area (Å²) in [6.45, 7) is 4.51. The molecule has 0 aliphatic carbocycles. The van der Waals surface area contributed by atoms with Gasteiger partial charge in [0.15, 0.2) is 12.6 Å². The van der Waals surface area contributed by atoms with Crippen LogP contribution in [0.4, 0.5) is 0 Å². The smallest absolute Gasteiger partial charge is 0.306 e. The lowest BCUT2D eigenvalue weighted by Crippen LogP contribution is -2.56. The van der Waals surface area contributed by atoms with E-state index in [4.69, 9.17) is 33.6 Å². The fourth-order valence-corrected chi connectivity index (χ4v) is 5.57. The molecule has 0 bridgehead atoms. The first-order valence-electron chi connectivity index (χ1n) is 16.5. The highest BCUT2D eigenvalue weighted by atomic mass is 16.7. The number of carbonyl (C=O) groups is 2. The van der Waals surface area contributed by atoms with Crippen LogP contribution in [0.25, 0.3) is 0 Å². The molecule has 0 amide bonds. The van der Waals surface area contributed by atoms with Crippen molar-refractivity contribution in [1.82, 2.24) is 4.90 Å². The van der Waals surface area contributed by atoms with E-state index >= 15 is 0 Å². The quantitative estimate of drug-likeness (QED) is 0.105. The fraction of sp³-hybridized carbons (Fsp3) is 0.600. The molecule has 280 valence electrons. The summed E-state index contributed by atoms with van der Waals surface area (Å²) in [7, 11) is 0. The third-order valence-corrected chi connectivity index (χ3v) is 7.93. The summed E-state index contributed by atoms with van der Waals surface area (Å²) in [4.78, 5) is 22.3. The van der Waals surface area contributed by atoms with Crippen LogP contribution in [0.2, 0.25) is 0 Å². The van der Waals surface area contributed by atoms with Gasteiger partial charge in [-0.2, -0.15) is 0 Å². The molecule has 10 atom stereocenters. The second-order valence-corrected chi connectivity index (χ2v) is 13.2. The van der Waals surface area contributed by atoms with E-state index < -0.39 is 73.0 Å². The Kier molecular flexibility index (Phi) is 16.6. The van der Waals surface area contributed by atoms with Crippen molar-refractivity contribution >= 4 is 12.4 Å². The van der Waals surface area contributed by atoms with Crippen LogP contribution >= 0.6 is 0 Å². The number of aliphatic hydroxyl groups excluding tert-OH is 6. The number of benzene rings is 2. The minimum atomic E-state index is -1.55. The zero-order valence-corrected chi connectivity index (χ0v) is 28.5. The van der Waals surface area contributed by atoms with Crippen LogP contribution in [0.3, 0.4) is 0 Å². The van der Waals surface area contributed by atoms with Crippen LogP contribution in [0.1, 0.15) is 57.3 Å². The molecule has 0 spiro atoms. The summed E-state index contributed by atoms with van der Waals surface area (Å²) in [5.74, 6) is -0.421. The van der Waals surface area contributed by atoms with Gasteiger partial charge in [0.05, 0.1) is 25.4 Å². The average Bonchev–Trinajstić information content (AvgIpc) is 3.08. The maximum absolute atomic E-state index is 12.3. The minimum absolute atomic E-state index is 0.0478. The summed E-state index contributed by atoms with van der Waals surface area (Å²) >= 11 is 0. The molecule has 0 aromatic heterocycles. The highest BCUT2D eigenvalue weighted by molar-refractivity contribution is 5.69. The number of hydrogen-bond acceptors (Lipinski definition) is 14. The second kappa shape index (κ2) is 20.1. The molecular formula is C35H51NO14. The van der Waals surface area contributed by atoms with E-state index in [0.717, 1.165) is 0 Å². The van der Waals surface area contributed by atoms with E-state index in [2.05, 4.69) is 0 Å². The topological polar surface area (TPSA) is 225 Å². The highest BCUT2D eigenvalue weighted by Crippen LogP contribution is 2.30. The Morgan fingerprint density at radius 3 is 1.60 bits per heavy atom. The molecule has 50 heavy (non-hydrogen) atoms. The normalized spacial score (nSPS) is 26.5. The van der Waals surface area contributed by atoms with Gasteiger partial charge < -0.3 is 59.4 Å². The molecular weight excluding hydrogens is 658 g/mol. The largest absolute Gasteiger partial charge is 0.483 e. The summed E-state index contributed by atoms with van der Waals surface area (Å²) < 4.78 is 28.3. The first-order chi connectivity index (χ1) is 23.7. The van der Waals surface area contributed by atoms with Crippen molar-refractivity contribution in [2.75, 3.05) is 32.8 Å². The van der Waals surface area contributed by atoms with Crippen LogP contribution < -0.4 is 0 Å². The molecule has 15 heteroatoms. The van der Waals surface area contributed by atoms with E-state index in [0.29, 0.717) is 11.1 Å². The Bertz CT molecular complexity index is 1190. The van der Waals surface area contributed by atoms with Crippen LogP contribution in [0.15, 0.2) is 60.7 Å². The van der Waals surface area contributed by atoms with Crippen LogP contribution in [-0.4, -0.2) is 140 Å². The van der Waals surface area contributed by atoms with Crippen LogP contribution in [-0.2, 0) is 33.3 Å². The van der Waals surface area contributed by atoms with Gasteiger partial charge in [0, 0.05) is 30.6 Å². The predicted octanol–water partition coefficient (Wildman–Crippen LogP) is 0.505. The Hall–Kier alpha value is -3.06. The molecule has 2 saturated heterocycles. The monoisotopic (exact) mass is 709 g/mol. The van der Waals surface area contributed by atoms with E-state index in [1.54, 1.807) is 74.2 Å². The van der Waals surface area contributed by atoms with Gasteiger partial charge in [-0.3, -0.25) is 14.5 Å². The number of nitrogens with zero attached hydrogens (tertiary/aromatic N) is 1. The Morgan fingerprint density at radius 1 is 0.820 bits per heavy atom.